The summed E-state index contributed by atoms with van der Waals surface area (Å²) in [4.78, 5) is 8.14. The molecule has 146 valence electrons. The molecule has 0 atom stereocenters. The first-order chi connectivity index (χ1) is 13.1. The molecule has 4 N–H and O–H groups in total. The van der Waals surface area contributed by atoms with Crippen LogP contribution in [0.4, 0.5) is 41.9 Å². The van der Waals surface area contributed by atoms with Crippen LogP contribution in [0.2, 0.25) is 5.02 Å². The Morgan fingerprint density at radius 1 is 0.893 bits per heavy atom. The first kappa shape index (κ1) is 19.8. The van der Waals surface area contributed by atoms with Gasteiger partial charge in [-0.3, -0.25) is 0 Å². The second-order valence-electron chi connectivity index (χ2n) is 6.30. The first-order valence-corrected chi connectivity index (χ1v) is 8.61. The summed E-state index contributed by atoms with van der Waals surface area (Å²) in [5, 5.41) is 5.51. The molecule has 0 fully saturated rings. The summed E-state index contributed by atoms with van der Waals surface area (Å²) in [6, 6.07) is 9.36. The summed E-state index contributed by atoms with van der Waals surface area (Å²) in [5.74, 6) is 0.518. The van der Waals surface area contributed by atoms with Crippen molar-refractivity contribution in [3.05, 3.63) is 64.4 Å². The van der Waals surface area contributed by atoms with Gasteiger partial charge in [-0.25, -0.2) is 9.97 Å². The van der Waals surface area contributed by atoms with Crippen molar-refractivity contribution in [2.24, 2.45) is 0 Å². The van der Waals surface area contributed by atoms with E-state index in [4.69, 9.17) is 17.3 Å². The van der Waals surface area contributed by atoms with Crippen molar-refractivity contribution in [1.82, 2.24) is 9.97 Å². The predicted molar refractivity (Wildman–Crippen MR) is 105 cm³/mol. The molecule has 1 heterocycles. The minimum Gasteiger partial charge on any atom is -0.393 e. The fourth-order valence-electron chi connectivity index (χ4n) is 2.74. The third-order valence-electron chi connectivity index (χ3n) is 3.90. The lowest BCUT2D eigenvalue weighted by Crippen LogP contribution is -2.08. The highest BCUT2D eigenvalue weighted by Gasteiger charge is 2.33. The molecule has 0 radical (unpaired) electrons. The number of nitrogens with two attached hydrogens (primary N) is 1. The molecule has 0 aliphatic rings. The van der Waals surface area contributed by atoms with Gasteiger partial charge in [-0.15, -0.1) is 0 Å². The summed E-state index contributed by atoms with van der Waals surface area (Å²) in [7, 11) is 0. The van der Waals surface area contributed by atoms with Gasteiger partial charge in [0.05, 0.1) is 10.6 Å². The van der Waals surface area contributed by atoms with E-state index in [2.05, 4.69) is 20.6 Å². The van der Waals surface area contributed by atoms with Gasteiger partial charge in [-0.2, -0.15) is 13.2 Å². The highest BCUT2D eigenvalue weighted by molar-refractivity contribution is 6.31. The molecule has 0 amide bonds. The van der Waals surface area contributed by atoms with E-state index < -0.39 is 11.7 Å². The molecule has 0 saturated carbocycles. The Bertz CT molecular complexity index is 1000. The maximum Gasteiger partial charge on any atom is 0.417 e. The third-order valence-corrected chi connectivity index (χ3v) is 4.23. The Labute approximate surface area is 164 Å². The number of nitrogen functional groups attached to an aromatic ring is 1. The predicted octanol–water partition coefficient (Wildman–Crippen LogP) is 5.84. The van der Waals surface area contributed by atoms with Crippen LogP contribution >= 0.6 is 11.6 Å². The van der Waals surface area contributed by atoms with Crippen LogP contribution in [0.15, 0.2) is 42.7 Å². The van der Waals surface area contributed by atoms with E-state index in [1.807, 2.05) is 32.0 Å². The van der Waals surface area contributed by atoms with Crippen molar-refractivity contribution in [2.45, 2.75) is 20.0 Å². The smallest absolute Gasteiger partial charge is 0.393 e. The number of hydrogen-bond acceptors (Lipinski definition) is 5. The second kappa shape index (κ2) is 7.55. The quantitative estimate of drug-likeness (QED) is 0.507. The summed E-state index contributed by atoms with van der Waals surface area (Å²) in [5.41, 5.74) is 8.41. The molecule has 0 unspecified atom stereocenters. The Kier molecular flexibility index (Phi) is 5.33. The van der Waals surface area contributed by atoms with Crippen molar-refractivity contribution in [1.29, 1.82) is 0 Å². The molecule has 0 saturated heterocycles. The molecular formula is C19H17ClF3N5. The number of aryl methyl sites for hydroxylation is 2. The summed E-state index contributed by atoms with van der Waals surface area (Å²) < 4.78 is 39.1. The molecule has 5 nitrogen and oxygen atoms in total. The number of aromatic nitrogens is 2. The molecule has 3 rings (SSSR count). The standard InChI is InChI=1S/C19H17ClF3N5/c1-10-5-11(2)7-13(6-10)28-18-16(24)17(25-9-26-18)27-12-3-4-15(20)14(8-12)19(21,22)23/h3-9H,24H2,1-2H3,(H2,25,26,27,28). The number of nitrogens with one attached hydrogen (secondary N) is 2. The number of halogens is 4. The fourth-order valence-corrected chi connectivity index (χ4v) is 2.96. The van der Waals surface area contributed by atoms with Crippen molar-refractivity contribution in [3.8, 4) is 0 Å². The van der Waals surface area contributed by atoms with E-state index in [1.165, 1.54) is 18.5 Å². The van der Waals surface area contributed by atoms with Gasteiger partial charge in [-0.1, -0.05) is 17.7 Å². The van der Waals surface area contributed by atoms with Crippen LogP contribution in [0.5, 0.6) is 0 Å². The largest absolute Gasteiger partial charge is 0.417 e. The van der Waals surface area contributed by atoms with Gasteiger partial charge < -0.3 is 16.4 Å². The molecule has 9 heteroatoms. The van der Waals surface area contributed by atoms with Crippen LogP contribution in [0.1, 0.15) is 16.7 Å². The zero-order valence-electron chi connectivity index (χ0n) is 15.0. The lowest BCUT2D eigenvalue weighted by atomic mass is 10.1. The SMILES string of the molecule is Cc1cc(C)cc(Nc2ncnc(Nc3ccc(Cl)c(C(F)(F)F)c3)c2N)c1. The first-order valence-electron chi connectivity index (χ1n) is 8.23. The lowest BCUT2D eigenvalue weighted by Gasteiger charge is -2.15. The van der Waals surface area contributed by atoms with Crippen molar-refractivity contribution < 1.29 is 13.2 Å². The van der Waals surface area contributed by atoms with E-state index >= 15 is 0 Å². The monoisotopic (exact) mass is 407 g/mol. The number of rotatable bonds is 4. The van der Waals surface area contributed by atoms with Gasteiger partial charge in [0.1, 0.15) is 12.0 Å². The molecule has 0 spiro atoms. The highest BCUT2D eigenvalue weighted by atomic mass is 35.5. The topological polar surface area (TPSA) is 75.9 Å². The average molecular weight is 408 g/mol. The minimum atomic E-state index is -4.57. The van der Waals surface area contributed by atoms with Gasteiger partial charge in [0.25, 0.3) is 0 Å². The van der Waals surface area contributed by atoms with Crippen molar-refractivity contribution in [2.75, 3.05) is 16.4 Å². The van der Waals surface area contributed by atoms with Crippen LogP contribution in [0.3, 0.4) is 0 Å². The van der Waals surface area contributed by atoms with Crippen LogP contribution in [0.25, 0.3) is 0 Å². The normalized spacial score (nSPS) is 11.4. The van der Waals surface area contributed by atoms with Crippen LogP contribution in [-0.4, -0.2) is 9.97 Å². The summed E-state index contributed by atoms with van der Waals surface area (Å²) >= 11 is 5.65. The Balaban J connectivity index is 1.89. The van der Waals surface area contributed by atoms with E-state index in [-0.39, 0.29) is 22.2 Å². The van der Waals surface area contributed by atoms with Crippen molar-refractivity contribution >= 4 is 40.3 Å². The molecule has 2 aromatic carbocycles. The molecular weight excluding hydrogens is 391 g/mol. The Morgan fingerprint density at radius 2 is 1.46 bits per heavy atom. The maximum atomic E-state index is 13.0. The van der Waals surface area contributed by atoms with Gasteiger partial charge in [0, 0.05) is 11.4 Å². The van der Waals surface area contributed by atoms with E-state index in [1.54, 1.807) is 0 Å². The number of hydrogen-bond donors (Lipinski definition) is 3. The van der Waals surface area contributed by atoms with Gasteiger partial charge in [0.2, 0.25) is 0 Å². The minimum absolute atomic E-state index is 0.152. The van der Waals surface area contributed by atoms with Crippen LogP contribution in [-0.2, 0) is 6.18 Å². The van der Waals surface area contributed by atoms with Gasteiger partial charge in [0.15, 0.2) is 11.6 Å². The molecule has 0 aliphatic heterocycles. The fraction of sp³-hybridized carbons (Fsp3) is 0.158. The summed E-state index contributed by atoms with van der Waals surface area (Å²) in [6.07, 6.45) is -3.30. The molecule has 3 aromatic rings. The zero-order valence-corrected chi connectivity index (χ0v) is 15.8. The lowest BCUT2D eigenvalue weighted by molar-refractivity contribution is -0.137. The van der Waals surface area contributed by atoms with E-state index in [0.717, 1.165) is 22.9 Å². The third kappa shape index (κ3) is 4.45. The van der Waals surface area contributed by atoms with Crippen LogP contribution < -0.4 is 16.4 Å². The van der Waals surface area contributed by atoms with Gasteiger partial charge >= 0.3 is 6.18 Å². The maximum absolute atomic E-state index is 13.0. The summed E-state index contributed by atoms with van der Waals surface area (Å²) in [6.45, 7) is 3.93. The highest BCUT2D eigenvalue weighted by Crippen LogP contribution is 2.37. The van der Waals surface area contributed by atoms with E-state index in [0.29, 0.717) is 5.82 Å². The number of nitrogens with zero attached hydrogens (tertiary/aromatic N) is 2. The van der Waals surface area contributed by atoms with Crippen molar-refractivity contribution in [3.63, 3.8) is 0 Å². The zero-order chi connectivity index (χ0) is 20.5. The van der Waals surface area contributed by atoms with Crippen LogP contribution in [0, 0.1) is 13.8 Å². The molecule has 28 heavy (non-hydrogen) atoms. The number of benzene rings is 2. The number of anilines is 5. The van der Waals surface area contributed by atoms with Gasteiger partial charge in [-0.05, 0) is 55.3 Å². The molecule has 0 bridgehead atoms. The molecule has 1 aromatic heterocycles. The molecule has 0 aliphatic carbocycles. The number of alkyl halides is 3. The average Bonchev–Trinajstić information content (AvgIpc) is 2.58. The van der Waals surface area contributed by atoms with E-state index in [9.17, 15) is 13.2 Å². The Morgan fingerprint density at radius 3 is 2.04 bits per heavy atom. The Hall–Kier alpha value is -3.00. The second-order valence-corrected chi connectivity index (χ2v) is 6.71.